The van der Waals surface area contributed by atoms with Crippen molar-refractivity contribution in [1.82, 2.24) is 4.98 Å². The highest BCUT2D eigenvalue weighted by Crippen LogP contribution is 2.31. The van der Waals surface area contributed by atoms with Crippen molar-refractivity contribution in [3.63, 3.8) is 0 Å². The second-order valence-electron chi connectivity index (χ2n) is 3.98. The molecule has 2 N–H and O–H groups in total. The van der Waals surface area contributed by atoms with Crippen molar-refractivity contribution in [3.05, 3.63) is 63.1 Å². The highest BCUT2D eigenvalue weighted by atomic mass is 16.3. The molecule has 88 valence electrons. The smallest absolute Gasteiger partial charge is 0.248 e. The zero-order valence-electron chi connectivity index (χ0n) is 9.06. The average Bonchev–Trinajstić information content (AvgIpc) is 2.35. The molecule has 5 nitrogen and oxygen atoms in total. The summed E-state index contributed by atoms with van der Waals surface area (Å²) >= 11 is 0. The number of benzene rings is 1. The average molecular weight is 241 g/mol. The summed E-state index contributed by atoms with van der Waals surface area (Å²) in [6, 6.07) is 5.38. The van der Waals surface area contributed by atoms with E-state index in [-0.39, 0.29) is 33.8 Å². The minimum absolute atomic E-state index is 0.0257. The fraction of sp³-hybridized carbons (Fsp3) is 0. The van der Waals surface area contributed by atoms with Crippen molar-refractivity contribution in [2.75, 3.05) is 0 Å². The molecule has 0 fully saturated rings. The van der Waals surface area contributed by atoms with Crippen LogP contribution in [-0.4, -0.2) is 21.7 Å². The summed E-state index contributed by atoms with van der Waals surface area (Å²) < 4.78 is 0. The third-order valence-electron chi connectivity index (χ3n) is 2.93. The first-order valence-electron chi connectivity index (χ1n) is 5.23. The van der Waals surface area contributed by atoms with Crippen molar-refractivity contribution >= 4 is 11.6 Å². The van der Waals surface area contributed by atoms with Gasteiger partial charge < -0.3 is 10.1 Å². The van der Waals surface area contributed by atoms with Gasteiger partial charge in [0.1, 0.15) is 5.75 Å². The molecule has 0 atom stereocenters. The number of fused-ring (bicyclic) bond motifs is 2. The molecule has 0 spiro atoms. The van der Waals surface area contributed by atoms with Crippen molar-refractivity contribution in [3.8, 4) is 5.75 Å². The number of hydrogen-bond donors (Lipinski definition) is 2. The van der Waals surface area contributed by atoms with Gasteiger partial charge in [-0.05, 0) is 6.07 Å². The Labute approximate surface area is 101 Å². The highest BCUT2D eigenvalue weighted by molar-refractivity contribution is 6.29. The van der Waals surface area contributed by atoms with Crippen molar-refractivity contribution in [2.24, 2.45) is 0 Å². The minimum atomic E-state index is -0.510. The van der Waals surface area contributed by atoms with Gasteiger partial charge in [-0.2, -0.15) is 0 Å². The number of carbonyl (C=O) groups excluding carboxylic acids is 2. The lowest BCUT2D eigenvalue weighted by atomic mass is 9.84. The fourth-order valence-electron chi connectivity index (χ4n) is 2.10. The molecule has 1 aromatic heterocycles. The maximum absolute atomic E-state index is 12.2. The van der Waals surface area contributed by atoms with Crippen molar-refractivity contribution in [1.29, 1.82) is 0 Å². The Morgan fingerprint density at radius 1 is 0.944 bits per heavy atom. The molecule has 0 radical (unpaired) electrons. The third-order valence-corrected chi connectivity index (χ3v) is 2.93. The molecule has 1 aromatic carbocycles. The van der Waals surface area contributed by atoms with E-state index in [0.29, 0.717) is 0 Å². The van der Waals surface area contributed by atoms with Gasteiger partial charge in [-0.15, -0.1) is 0 Å². The molecule has 0 bridgehead atoms. The summed E-state index contributed by atoms with van der Waals surface area (Å²) in [5.74, 6) is -1.15. The predicted molar refractivity (Wildman–Crippen MR) is 62.0 cm³/mol. The molecule has 2 aromatic rings. The normalized spacial score (nSPS) is 13.1. The van der Waals surface area contributed by atoms with E-state index in [2.05, 4.69) is 4.98 Å². The Bertz CT molecular complexity index is 758. The van der Waals surface area contributed by atoms with Gasteiger partial charge in [0, 0.05) is 23.4 Å². The van der Waals surface area contributed by atoms with Crippen LogP contribution in [0.4, 0.5) is 0 Å². The Hall–Kier alpha value is -2.69. The molecule has 5 heteroatoms. The number of aromatic nitrogens is 1. The first-order valence-corrected chi connectivity index (χ1v) is 5.23. The molecule has 18 heavy (non-hydrogen) atoms. The molecule has 1 heterocycles. The van der Waals surface area contributed by atoms with Crippen LogP contribution in [0.3, 0.4) is 0 Å². The largest absolute Gasteiger partial charge is 0.507 e. The first kappa shape index (κ1) is 10.5. The number of aromatic amines is 1. The van der Waals surface area contributed by atoms with Crippen LogP contribution in [0.2, 0.25) is 0 Å². The first-order chi connectivity index (χ1) is 8.59. The zero-order valence-corrected chi connectivity index (χ0v) is 9.06. The molecule has 0 saturated heterocycles. The van der Waals surface area contributed by atoms with E-state index in [1.807, 2.05) is 0 Å². The van der Waals surface area contributed by atoms with Crippen LogP contribution in [0.15, 0.2) is 35.3 Å². The number of pyridine rings is 1. The van der Waals surface area contributed by atoms with E-state index in [1.165, 1.54) is 24.4 Å². The number of rotatable bonds is 0. The second-order valence-corrected chi connectivity index (χ2v) is 3.98. The number of phenols is 1. The molecule has 3 rings (SSSR count). The zero-order chi connectivity index (χ0) is 12.9. The van der Waals surface area contributed by atoms with E-state index in [1.54, 1.807) is 0 Å². The van der Waals surface area contributed by atoms with Crippen LogP contribution < -0.4 is 5.56 Å². The maximum Gasteiger partial charge on any atom is 0.248 e. The van der Waals surface area contributed by atoms with Crippen LogP contribution in [0.1, 0.15) is 31.8 Å². The van der Waals surface area contributed by atoms with Gasteiger partial charge in [0.25, 0.3) is 0 Å². The van der Waals surface area contributed by atoms with Gasteiger partial charge >= 0.3 is 0 Å². The van der Waals surface area contributed by atoms with E-state index < -0.39 is 11.3 Å². The van der Waals surface area contributed by atoms with E-state index in [0.717, 1.165) is 6.07 Å². The number of aromatic hydroxyl groups is 1. The fourth-order valence-corrected chi connectivity index (χ4v) is 2.10. The topological polar surface area (TPSA) is 87.2 Å². The summed E-state index contributed by atoms with van der Waals surface area (Å²) in [6.07, 6.45) is 1.23. The van der Waals surface area contributed by atoms with E-state index in [9.17, 15) is 19.5 Å². The molecular formula is C13H7NO4. The van der Waals surface area contributed by atoms with Gasteiger partial charge in [-0.25, -0.2) is 0 Å². The standard InChI is InChI=1S/C13H7NO4/c15-9-3-1-2-6-11(9)13(18)7-4-10(16)14-5-8(7)12(6)17/h1-5,15H,(H,14,16). The van der Waals surface area contributed by atoms with Crippen LogP contribution in [0.5, 0.6) is 5.75 Å². The molecule has 1 aliphatic rings. The van der Waals surface area contributed by atoms with Gasteiger partial charge in [0.15, 0.2) is 11.6 Å². The molecule has 1 aliphatic carbocycles. The van der Waals surface area contributed by atoms with Crippen molar-refractivity contribution < 1.29 is 14.7 Å². The monoisotopic (exact) mass is 241 g/mol. The lowest BCUT2D eigenvalue weighted by Crippen LogP contribution is -2.24. The SMILES string of the molecule is O=C1c2c[nH]c(=O)cc2C(=O)c2c(O)cccc21. The van der Waals surface area contributed by atoms with E-state index >= 15 is 0 Å². The van der Waals surface area contributed by atoms with Gasteiger partial charge in [-0.1, -0.05) is 12.1 Å². The summed E-state index contributed by atoms with van der Waals surface area (Å²) in [6.45, 7) is 0. The lowest BCUT2D eigenvalue weighted by Gasteiger charge is -2.17. The van der Waals surface area contributed by atoms with Gasteiger partial charge in [0.05, 0.1) is 11.1 Å². The van der Waals surface area contributed by atoms with Crippen LogP contribution >= 0.6 is 0 Å². The number of hydrogen-bond acceptors (Lipinski definition) is 4. The molecule has 0 aliphatic heterocycles. The molecule has 0 amide bonds. The Morgan fingerprint density at radius 3 is 2.50 bits per heavy atom. The number of ketones is 2. The molecule has 0 unspecified atom stereocenters. The predicted octanol–water partition coefficient (Wildman–Crippen LogP) is 0.856. The summed E-state index contributed by atoms with van der Waals surface area (Å²) in [4.78, 5) is 37.9. The van der Waals surface area contributed by atoms with Crippen LogP contribution in [0.25, 0.3) is 0 Å². The summed E-state index contributed by atoms with van der Waals surface area (Å²) in [5, 5.41) is 9.68. The third kappa shape index (κ3) is 1.24. The summed E-state index contributed by atoms with van der Waals surface area (Å²) in [7, 11) is 0. The number of phenolic OH excluding ortho intramolecular Hbond substituents is 1. The molecule has 0 saturated carbocycles. The van der Waals surface area contributed by atoms with Gasteiger partial charge in [-0.3, -0.25) is 14.4 Å². The highest BCUT2D eigenvalue weighted by Gasteiger charge is 2.31. The van der Waals surface area contributed by atoms with E-state index in [4.69, 9.17) is 0 Å². The minimum Gasteiger partial charge on any atom is -0.507 e. The van der Waals surface area contributed by atoms with Crippen LogP contribution in [0, 0.1) is 0 Å². The number of carbonyl (C=O) groups is 2. The Morgan fingerprint density at radius 2 is 1.72 bits per heavy atom. The van der Waals surface area contributed by atoms with Crippen LogP contribution in [-0.2, 0) is 0 Å². The summed E-state index contributed by atoms with van der Waals surface area (Å²) in [5.41, 5.74) is -0.177. The Kier molecular flexibility index (Phi) is 1.98. The Balaban J connectivity index is 2.39. The maximum atomic E-state index is 12.2. The van der Waals surface area contributed by atoms with Gasteiger partial charge in [0.2, 0.25) is 5.56 Å². The quantitative estimate of drug-likeness (QED) is 0.611. The second kappa shape index (κ2) is 3.40. The number of nitrogens with one attached hydrogen (secondary N) is 1. The molecular weight excluding hydrogens is 234 g/mol. The number of H-pyrrole nitrogens is 1. The lowest BCUT2D eigenvalue weighted by molar-refractivity contribution is 0.0976. The van der Waals surface area contributed by atoms with Crippen molar-refractivity contribution in [2.45, 2.75) is 0 Å².